The Bertz CT molecular complexity index is 1470. The molecule has 0 saturated heterocycles. The smallest absolute Gasteiger partial charge is 0.416 e. The summed E-state index contributed by atoms with van der Waals surface area (Å²) >= 11 is 5.60. The number of carbonyl (C=O) groups excluding carboxylic acids is 2. The quantitative estimate of drug-likeness (QED) is 0.219. The summed E-state index contributed by atoms with van der Waals surface area (Å²) in [6, 6.07) is 14.2. The molecule has 43 heavy (non-hydrogen) atoms. The SMILES string of the molecule is CCOC(=O)CN(Cc1ccccc1C(F)(F)F)C(=S)CC(C)(CN)NC(=O)Cc1cncn1Cc1ccc(C#N)cc1. The molecule has 0 aliphatic carbocycles. The van der Waals surface area contributed by atoms with Gasteiger partial charge in [-0.3, -0.25) is 9.59 Å². The Balaban J connectivity index is 1.73. The predicted molar refractivity (Wildman–Crippen MR) is 157 cm³/mol. The zero-order valence-corrected chi connectivity index (χ0v) is 24.7. The molecule has 3 rings (SSSR count). The number of nitrogens with one attached hydrogen (secondary N) is 1. The van der Waals surface area contributed by atoms with E-state index in [9.17, 15) is 22.8 Å². The Morgan fingerprint density at radius 2 is 1.88 bits per heavy atom. The van der Waals surface area contributed by atoms with Crippen molar-refractivity contribution in [1.29, 1.82) is 5.26 Å². The first kappa shape index (κ1) is 33.2. The Kier molecular flexibility index (Phi) is 11.4. The molecule has 0 aliphatic heterocycles. The zero-order valence-electron chi connectivity index (χ0n) is 23.9. The molecule has 1 heterocycles. The van der Waals surface area contributed by atoms with Gasteiger partial charge in [0.15, 0.2) is 0 Å². The van der Waals surface area contributed by atoms with Gasteiger partial charge in [-0.15, -0.1) is 0 Å². The van der Waals surface area contributed by atoms with E-state index < -0.39 is 23.2 Å². The minimum Gasteiger partial charge on any atom is -0.465 e. The summed E-state index contributed by atoms with van der Waals surface area (Å²) in [6.45, 7) is 3.13. The van der Waals surface area contributed by atoms with Crippen molar-refractivity contribution < 1.29 is 27.5 Å². The van der Waals surface area contributed by atoms with Crippen molar-refractivity contribution in [3.63, 3.8) is 0 Å². The molecular formula is C30H33F3N6O3S. The molecule has 1 atom stereocenters. The molecule has 0 fully saturated rings. The van der Waals surface area contributed by atoms with Gasteiger partial charge in [-0.05, 0) is 43.2 Å². The average Bonchev–Trinajstić information content (AvgIpc) is 3.38. The first-order chi connectivity index (χ1) is 20.4. The van der Waals surface area contributed by atoms with Gasteiger partial charge in [-0.25, -0.2) is 4.98 Å². The highest BCUT2D eigenvalue weighted by atomic mass is 32.1. The van der Waals surface area contributed by atoms with Gasteiger partial charge in [0, 0.05) is 37.9 Å². The fraction of sp³-hybridized carbons (Fsp3) is 0.367. The standard InChI is InChI=1S/C30H33F3N6O3S/c1-3-42-28(41)18-38(17-23-6-4-5-7-25(23)30(31,32)33)27(43)13-29(2,19-35)37-26(40)12-24-15-36-20-39(24)16-22-10-8-21(14-34)9-11-22/h4-11,15,20H,3,12-13,16-19,35H2,1-2H3,(H,37,40). The summed E-state index contributed by atoms with van der Waals surface area (Å²) in [5.74, 6) is -1.01. The van der Waals surface area contributed by atoms with Crippen LogP contribution in [-0.4, -0.2) is 56.6 Å². The van der Waals surface area contributed by atoms with E-state index in [1.807, 2.05) is 16.7 Å². The molecule has 1 aromatic heterocycles. The number of carbonyl (C=O) groups is 2. The number of amides is 1. The van der Waals surface area contributed by atoms with E-state index in [2.05, 4.69) is 16.4 Å². The molecule has 228 valence electrons. The number of halogens is 3. The highest BCUT2D eigenvalue weighted by Crippen LogP contribution is 2.32. The molecule has 0 radical (unpaired) electrons. The first-order valence-corrected chi connectivity index (χ1v) is 13.9. The molecule has 9 nitrogen and oxygen atoms in total. The minimum atomic E-state index is -4.60. The number of hydrogen-bond donors (Lipinski definition) is 2. The van der Waals surface area contributed by atoms with Gasteiger partial charge in [0.25, 0.3) is 0 Å². The maximum Gasteiger partial charge on any atom is 0.416 e. The lowest BCUT2D eigenvalue weighted by Crippen LogP contribution is -2.54. The van der Waals surface area contributed by atoms with Crippen molar-refractivity contribution in [2.75, 3.05) is 19.7 Å². The van der Waals surface area contributed by atoms with Gasteiger partial charge >= 0.3 is 12.1 Å². The van der Waals surface area contributed by atoms with Crippen LogP contribution in [0.25, 0.3) is 0 Å². The van der Waals surface area contributed by atoms with Crippen molar-refractivity contribution >= 4 is 29.1 Å². The van der Waals surface area contributed by atoms with Crippen LogP contribution >= 0.6 is 12.2 Å². The summed E-state index contributed by atoms with van der Waals surface area (Å²) in [4.78, 5) is 31.1. The summed E-state index contributed by atoms with van der Waals surface area (Å²) in [6.07, 6.45) is -1.45. The zero-order chi connectivity index (χ0) is 31.6. The lowest BCUT2D eigenvalue weighted by molar-refractivity contribution is -0.143. The Morgan fingerprint density at radius 3 is 2.51 bits per heavy atom. The van der Waals surface area contributed by atoms with E-state index in [1.165, 1.54) is 23.1 Å². The number of aromatic nitrogens is 2. The number of alkyl halides is 3. The second kappa shape index (κ2) is 14.8. The van der Waals surface area contributed by atoms with Crippen LogP contribution in [0.4, 0.5) is 13.2 Å². The number of imidazole rings is 1. The van der Waals surface area contributed by atoms with Gasteiger partial charge in [0.05, 0.1) is 47.1 Å². The van der Waals surface area contributed by atoms with Crippen LogP contribution < -0.4 is 11.1 Å². The topological polar surface area (TPSA) is 126 Å². The molecule has 0 spiro atoms. The number of thiocarbonyl (C=S) groups is 1. The number of rotatable bonds is 13. The van der Waals surface area contributed by atoms with Crippen LogP contribution in [0, 0.1) is 11.3 Å². The fourth-order valence-electron chi connectivity index (χ4n) is 4.41. The monoisotopic (exact) mass is 614 g/mol. The van der Waals surface area contributed by atoms with E-state index in [4.69, 9.17) is 28.0 Å². The van der Waals surface area contributed by atoms with E-state index in [1.54, 1.807) is 38.5 Å². The third-order valence-electron chi connectivity index (χ3n) is 6.67. The second-order valence-corrected chi connectivity index (χ2v) is 10.7. The normalized spacial score (nSPS) is 12.6. The highest BCUT2D eigenvalue weighted by molar-refractivity contribution is 7.80. The molecule has 1 unspecified atom stereocenters. The first-order valence-electron chi connectivity index (χ1n) is 13.4. The van der Waals surface area contributed by atoms with Gasteiger partial charge in [-0.2, -0.15) is 18.4 Å². The van der Waals surface area contributed by atoms with Crippen molar-refractivity contribution in [1.82, 2.24) is 19.8 Å². The molecule has 0 saturated carbocycles. The molecule has 13 heteroatoms. The van der Waals surface area contributed by atoms with Crippen LogP contribution in [0.5, 0.6) is 0 Å². The number of hydrogen-bond acceptors (Lipinski definition) is 7. The Morgan fingerprint density at radius 1 is 1.19 bits per heavy atom. The third-order valence-corrected chi connectivity index (χ3v) is 7.07. The lowest BCUT2D eigenvalue weighted by Gasteiger charge is -2.34. The number of ether oxygens (including phenoxy) is 1. The number of nitrogens with zero attached hydrogens (tertiary/aromatic N) is 4. The van der Waals surface area contributed by atoms with E-state index in [0.29, 0.717) is 17.8 Å². The molecule has 3 aromatic rings. The van der Waals surface area contributed by atoms with E-state index in [0.717, 1.165) is 11.6 Å². The van der Waals surface area contributed by atoms with Crippen LogP contribution in [0.1, 0.15) is 48.2 Å². The predicted octanol–water partition coefficient (Wildman–Crippen LogP) is 3.98. The third kappa shape index (κ3) is 9.62. The second-order valence-electron chi connectivity index (χ2n) is 10.2. The van der Waals surface area contributed by atoms with Crippen LogP contribution in [0.3, 0.4) is 0 Å². The maximum absolute atomic E-state index is 13.7. The van der Waals surface area contributed by atoms with Crippen LogP contribution in [0.15, 0.2) is 61.1 Å². The highest BCUT2D eigenvalue weighted by Gasteiger charge is 2.34. The molecule has 0 aliphatic rings. The van der Waals surface area contributed by atoms with Gasteiger partial charge in [0.2, 0.25) is 5.91 Å². The van der Waals surface area contributed by atoms with Crippen LogP contribution in [0.2, 0.25) is 0 Å². The minimum absolute atomic E-state index is 0.0112. The van der Waals surface area contributed by atoms with Crippen molar-refractivity contribution in [2.45, 2.75) is 51.5 Å². The fourth-order valence-corrected chi connectivity index (χ4v) is 4.86. The lowest BCUT2D eigenvalue weighted by atomic mass is 9.96. The van der Waals surface area contributed by atoms with Gasteiger partial charge < -0.3 is 25.3 Å². The Hall–Kier alpha value is -4.28. The molecule has 0 bridgehead atoms. The van der Waals surface area contributed by atoms with E-state index >= 15 is 0 Å². The van der Waals surface area contributed by atoms with E-state index in [-0.39, 0.29) is 55.5 Å². The van der Waals surface area contributed by atoms with Crippen molar-refractivity contribution in [3.05, 3.63) is 89.0 Å². The summed E-state index contributed by atoms with van der Waals surface area (Å²) in [5.41, 5.74) is 6.18. The maximum atomic E-state index is 13.7. The van der Waals surface area contributed by atoms with Gasteiger partial charge in [-0.1, -0.05) is 42.5 Å². The molecule has 2 aromatic carbocycles. The summed E-state index contributed by atoms with van der Waals surface area (Å²) in [7, 11) is 0. The largest absolute Gasteiger partial charge is 0.465 e. The van der Waals surface area contributed by atoms with Crippen molar-refractivity contribution in [2.24, 2.45) is 5.73 Å². The molecule has 1 amide bonds. The summed E-state index contributed by atoms with van der Waals surface area (Å²) < 4.78 is 47.8. The number of nitrogens with two attached hydrogens (primary N) is 1. The molecule has 3 N–H and O–H groups in total. The van der Waals surface area contributed by atoms with Crippen molar-refractivity contribution in [3.8, 4) is 6.07 Å². The molecular weight excluding hydrogens is 581 g/mol. The summed E-state index contributed by atoms with van der Waals surface area (Å²) in [5, 5.41) is 11.9. The number of benzene rings is 2. The van der Waals surface area contributed by atoms with Crippen LogP contribution in [-0.2, 0) is 40.0 Å². The number of nitriles is 1. The number of esters is 1. The average molecular weight is 615 g/mol. The van der Waals surface area contributed by atoms with Gasteiger partial charge in [0.1, 0.15) is 6.54 Å². The Labute approximate surface area is 253 Å².